The fraction of sp³-hybridized carbons (Fsp3) is 0.484. The van der Waals surface area contributed by atoms with Crippen LogP contribution in [0.3, 0.4) is 0 Å². The molecule has 2 aliphatic rings. The van der Waals surface area contributed by atoms with Crippen LogP contribution in [0.25, 0.3) is 5.69 Å². The number of likely N-dealkylation sites (tertiary alicyclic amines) is 1. The third-order valence-corrected chi connectivity index (χ3v) is 8.94. The Morgan fingerprint density at radius 1 is 1.00 bits per heavy atom. The summed E-state index contributed by atoms with van der Waals surface area (Å²) in [6.45, 7) is 16.1. The van der Waals surface area contributed by atoms with Crippen molar-refractivity contribution in [3.8, 4) is 5.69 Å². The number of carbonyl (C=O) groups excluding carboxylic acids is 1. The van der Waals surface area contributed by atoms with Crippen molar-refractivity contribution in [3.05, 3.63) is 83.4 Å². The number of rotatable bonds is 5. The molecule has 3 heterocycles. The largest absolute Gasteiger partial charge is 0.338 e. The number of hydrogen-bond acceptors (Lipinski definition) is 4. The standard InChI is InChI=1S/C31H41N5O/c1-23-7-6-8-24(2)29(23)30(37)33-16-13-31(5,14-17-33)35-19-20-36(25(3)21-35)26(4)27-9-11-28(12-10-27)34-18-15-32-22-34/h6-12,15,18,22,25-26H,13-14,16-17,19-21H2,1-5H3/t25-,26-/m0/s1. The first-order valence-electron chi connectivity index (χ1n) is 13.7. The molecule has 2 saturated heterocycles. The Bertz CT molecular complexity index is 1190. The normalized spacial score (nSPS) is 21.6. The molecule has 0 aliphatic carbocycles. The summed E-state index contributed by atoms with van der Waals surface area (Å²) >= 11 is 0. The minimum absolute atomic E-state index is 0.146. The summed E-state index contributed by atoms with van der Waals surface area (Å²) in [5.41, 5.74) is 5.69. The Morgan fingerprint density at radius 2 is 1.68 bits per heavy atom. The summed E-state index contributed by atoms with van der Waals surface area (Å²) in [4.78, 5) is 24.9. The van der Waals surface area contributed by atoms with E-state index in [9.17, 15) is 4.79 Å². The van der Waals surface area contributed by atoms with Crippen LogP contribution in [0.5, 0.6) is 0 Å². The maximum absolute atomic E-state index is 13.3. The Balaban J connectivity index is 1.19. The van der Waals surface area contributed by atoms with E-state index in [1.807, 2.05) is 55.3 Å². The molecule has 3 aromatic rings. The molecule has 2 aliphatic heterocycles. The zero-order chi connectivity index (χ0) is 26.2. The first-order chi connectivity index (χ1) is 17.8. The molecule has 2 aromatic carbocycles. The lowest BCUT2D eigenvalue weighted by molar-refractivity contribution is -0.0278. The number of amides is 1. The van der Waals surface area contributed by atoms with E-state index in [2.05, 4.69) is 64.7 Å². The molecule has 0 bridgehead atoms. The molecule has 0 saturated carbocycles. The lowest BCUT2D eigenvalue weighted by atomic mass is 9.85. The molecule has 0 N–H and O–H groups in total. The smallest absolute Gasteiger partial charge is 0.254 e. The second-order valence-electron chi connectivity index (χ2n) is 11.3. The Hall–Kier alpha value is -2.96. The average molecular weight is 500 g/mol. The van der Waals surface area contributed by atoms with E-state index in [0.29, 0.717) is 12.1 Å². The summed E-state index contributed by atoms with van der Waals surface area (Å²) < 4.78 is 2.04. The van der Waals surface area contributed by atoms with Gasteiger partial charge in [0.05, 0.1) is 6.33 Å². The van der Waals surface area contributed by atoms with E-state index in [0.717, 1.165) is 67.9 Å². The van der Waals surface area contributed by atoms with E-state index in [1.165, 1.54) is 5.56 Å². The van der Waals surface area contributed by atoms with E-state index in [1.54, 1.807) is 0 Å². The molecule has 0 unspecified atom stereocenters. The molecule has 196 valence electrons. The fourth-order valence-electron chi connectivity index (χ4n) is 6.38. The van der Waals surface area contributed by atoms with E-state index in [-0.39, 0.29) is 11.4 Å². The summed E-state index contributed by atoms with van der Waals surface area (Å²) in [7, 11) is 0. The van der Waals surface area contributed by atoms with Crippen molar-refractivity contribution in [1.82, 2.24) is 24.3 Å². The Labute approximate surface area is 221 Å². The molecule has 1 amide bonds. The zero-order valence-electron chi connectivity index (χ0n) is 23.0. The second kappa shape index (κ2) is 10.4. The molecule has 6 nitrogen and oxygen atoms in total. The maximum Gasteiger partial charge on any atom is 0.254 e. The second-order valence-corrected chi connectivity index (χ2v) is 11.3. The minimum Gasteiger partial charge on any atom is -0.338 e. The van der Waals surface area contributed by atoms with Gasteiger partial charge in [0, 0.05) is 74.0 Å². The monoisotopic (exact) mass is 499 g/mol. The van der Waals surface area contributed by atoms with Crippen LogP contribution in [-0.4, -0.2) is 74.5 Å². The van der Waals surface area contributed by atoms with Gasteiger partial charge < -0.3 is 9.47 Å². The van der Waals surface area contributed by atoms with Gasteiger partial charge in [0.2, 0.25) is 0 Å². The van der Waals surface area contributed by atoms with Gasteiger partial charge in [0.15, 0.2) is 0 Å². The number of nitrogens with zero attached hydrogens (tertiary/aromatic N) is 5. The first-order valence-corrected chi connectivity index (χ1v) is 13.7. The lowest BCUT2D eigenvalue weighted by Crippen LogP contribution is -2.62. The Morgan fingerprint density at radius 3 is 2.27 bits per heavy atom. The van der Waals surface area contributed by atoms with Crippen molar-refractivity contribution >= 4 is 5.91 Å². The van der Waals surface area contributed by atoms with E-state index < -0.39 is 0 Å². The topological polar surface area (TPSA) is 44.6 Å². The van der Waals surface area contributed by atoms with Gasteiger partial charge in [0.25, 0.3) is 5.91 Å². The SMILES string of the molecule is Cc1cccc(C)c1C(=O)N1CCC(C)(N2CCN([C@@H](C)c3ccc(-n4ccnc4)cc3)[C@@H](C)C2)CC1. The van der Waals surface area contributed by atoms with Crippen LogP contribution < -0.4 is 0 Å². The number of imidazole rings is 1. The molecule has 0 radical (unpaired) electrons. The number of piperazine rings is 1. The molecule has 1 aromatic heterocycles. The van der Waals surface area contributed by atoms with Gasteiger partial charge in [-0.25, -0.2) is 4.98 Å². The summed E-state index contributed by atoms with van der Waals surface area (Å²) in [5, 5.41) is 0. The molecule has 2 atom stereocenters. The van der Waals surface area contributed by atoms with Crippen LogP contribution in [0.4, 0.5) is 0 Å². The number of piperidine rings is 1. The summed E-state index contributed by atoms with van der Waals surface area (Å²) in [5.74, 6) is 0.198. The number of aryl methyl sites for hydroxylation is 2. The number of aromatic nitrogens is 2. The van der Waals surface area contributed by atoms with Crippen LogP contribution in [0, 0.1) is 13.8 Å². The van der Waals surface area contributed by atoms with Gasteiger partial charge >= 0.3 is 0 Å². The van der Waals surface area contributed by atoms with Gasteiger partial charge in [-0.2, -0.15) is 0 Å². The molecule has 5 rings (SSSR count). The van der Waals surface area contributed by atoms with Crippen molar-refractivity contribution in [2.75, 3.05) is 32.7 Å². The van der Waals surface area contributed by atoms with Gasteiger partial charge in [0.1, 0.15) is 0 Å². The van der Waals surface area contributed by atoms with Gasteiger partial charge in [-0.05, 0) is 76.3 Å². The van der Waals surface area contributed by atoms with Gasteiger partial charge in [-0.3, -0.25) is 14.6 Å². The highest BCUT2D eigenvalue weighted by molar-refractivity contribution is 5.97. The van der Waals surface area contributed by atoms with Crippen molar-refractivity contribution in [1.29, 1.82) is 0 Å². The third-order valence-electron chi connectivity index (χ3n) is 8.94. The highest BCUT2D eigenvalue weighted by Crippen LogP contribution is 2.34. The Kier molecular flexibility index (Phi) is 7.24. The summed E-state index contributed by atoms with van der Waals surface area (Å²) in [6.07, 6.45) is 7.68. The quantitative estimate of drug-likeness (QED) is 0.481. The predicted octanol–water partition coefficient (Wildman–Crippen LogP) is 5.25. The number of carbonyl (C=O) groups is 1. The van der Waals surface area contributed by atoms with Gasteiger partial charge in [-0.15, -0.1) is 0 Å². The van der Waals surface area contributed by atoms with Crippen molar-refractivity contribution in [3.63, 3.8) is 0 Å². The van der Waals surface area contributed by atoms with Gasteiger partial charge in [-0.1, -0.05) is 30.3 Å². The highest BCUT2D eigenvalue weighted by atomic mass is 16.2. The van der Waals surface area contributed by atoms with Crippen LogP contribution >= 0.6 is 0 Å². The predicted molar refractivity (Wildman–Crippen MR) is 149 cm³/mol. The average Bonchev–Trinajstić information content (AvgIpc) is 3.44. The van der Waals surface area contributed by atoms with Crippen molar-refractivity contribution < 1.29 is 4.79 Å². The minimum atomic E-state index is 0.146. The van der Waals surface area contributed by atoms with E-state index in [4.69, 9.17) is 0 Å². The maximum atomic E-state index is 13.3. The molecule has 6 heteroatoms. The third kappa shape index (κ3) is 5.10. The van der Waals surface area contributed by atoms with Crippen LogP contribution in [-0.2, 0) is 0 Å². The van der Waals surface area contributed by atoms with Crippen LogP contribution in [0.2, 0.25) is 0 Å². The first kappa shape index (κ1) is 25.7. The molecular weight excluding hydrogens is 458 g/mol. The summed E-state index contributed by atoms with van der Waals surface area (Å²) in [6, 6.07) is 15.8. The molecule has 37 heavy (non-hydrogen) atoms. The molecular formula is C31H41N5O. The molecule has 0 spiro atoms. The van der Waals surface area contributed by atoms with Crippen molar-refractivity contribution in [2.24, 2.45) is 0 Å². The van der Waals surface area contributed by atoms with Crippen molar-refractivity contribution in [2.45, 2.75) is 65.1 Å². The highest BCUT2D eigenvalue weighted by Gasteiger charge is 2.40. The number of hydrogen-bond donors (Lipinski definition) is 0. The zero-order valence-corrected chi connectivity index (χ0v) is 23.0. The number of benzene rings is 2. The van der Waals surface area contributed by atoms with Crippen LogP contribution in [0.15, 0.2) is 61.2 Å². The van der Waals surface area contributed by atoms with E-state index >= 15 is 0 Å². The molecule has 2 fully saturated rings. The lowest BCUT2D eigenvalue weighted by Gasteiger charge is -2.52. The fourth-order valence-corrected chi connectivity index (χ4v) is 6.38. The van der Waals surface area contributed by atoms with Crippen LogP contribution in [0.1, 0.15) is 66.7 Å².